The van der Waals surface area contributed by atoms with Crippen molar-refractivity contribution in [3.8, 4) is 6.07 Å². The van der Waals surface area contributed by atoms with E-state index in [4.69, 9.17) is 0 Å². The number of likely N-dealkylation sites (tertiary alicyclic amines) is 1. The van der Waals surface area contributed by atoms with Gasteiger partial charge in [0.25, 0.3) is 0 Å². The van der Waals surface area contributed by atoms with Gasteiger partial charge in [-0.3, -0.25) is 9.69 Å². The minimum absolute atomic E-state index is 0.0798. The molecule has 5 heteroatoms. The van der Waals surface area contributed by atoms with Gasteiger partial charge in [0, 0.05) is 6.04 Å². The van der Waals surface area contributed by atoms with Gasteiger partial charge in [0.2, 0.25) is 5.91 Å². The summed E-state index contributed by atoms with van der Waals surface area (Å²) in [4.78, 5) is 14.1. The van der Waals surface area contributed by atoms with Crippen molar-refractivity contribution in [1.82, 2.24) is 10.2 Å². The van der Waals surface area contributed by atoms with Crippen LogP contribution in [0, 0.1) is 11.3 Å². The van der Waals surface area contributed by atoms with Crippen LogP contribution in [0.5, 0.6) is 0 Å². The molecule has 1 amide bonds. The second-order valence-corrected chi connectivity index (χ2v) is 5.75. The zero-order chi connectivity index (χ0) is 13.7. The molecule has 2 rings (SSSR count). The molecule has 1 heterocycles. The molecule has 5 nitrogen and oxygen atoms in total. The first-order chi connectivity index (χ1) is 9.19. The van der Waals surface area contributed by atoms with Crippen LogP contribution in [0.4, 0.5) is 0 Å². The highest BCUT2D eigenvalue weighted by molar-refractivity contribution is 5.79. The Hall–Kier alpha value is -1.12. The Balaban J connectivity index is 1.88. The van der Waals surface area contributed by atoms with Crippen molar-refractivity contribution in [1.29, 1.82) is 5.26 Å². The Morgan fingerprint density at radius 2 is 2.11 bits per heavy atom. The summed E-state index contributed by atoms with van der Waals surface area (Å²) in [6.07, 6.45) is 6.69. The summed E-state index contributed by atoms with van der Waals surface area (Å²) < 4.78 is 0. The van der Waals surface area contributed by atoms with Crippen LogP contribution in [-0.2, 0) is 4.79 Å². The maximum atomic E-state index is 12.1. The zero-order valence-electron chi connectivity index (χ0n) is 11.4. The molecule has 1 aliphatic carbocycles. The van der Waals surface area contributed by atoms with E-state index in [9.17, 15) is 15.2 Å². The molecular formula is C14H23N3O2. The summed E-state index contributed by atoms with van der Waals surface area (Å²) in [7, 11) is 0. The van der Waals surface area contributed by atoms with Gasteiger partial charge in [-0.05, 0) is 45.1 Å². The van der Waals surface area contributed by atoms with Crippen LogP contribution < -0.4 is 5.32 Å². The lowest BCUT2D eigenvalue weighted by atomic mass is 9.99. The number of aliphatic hydroxyl groups is 1. The molecule has 1 saturated heterocycles. The van der Waals surface area contributed by atoms with Gasteiger partial charge in [-0.15, -0.1) is 0 Å². The summed E-state index contributed by atoms with van der Waals surface area (Å²) >= 11 is 0. The Morgan fingerprint density at radius 3 is 2.74 bits per heavy atom. The molecule has 1 aliphatic heterocycles. The fourth-order valence-corrected chi connectivity index (χ4v) is 3.21. The number of carbonyl (C=O) groups excluding carboxylic acids is 1. The largest absolute Gasteiger partial charge is 0.395 e. The lowest BCUT2D eigenvalue weighted by Crippen LogP contribution is -2.52. The maximum Gasteiger partial charge on any atom is 0.235 e. The Morgan fingerprint density at radius 1 is 1.37 bits per heavy atom. The summed E-state index contributed by atoms with van der Waals surface area (Å²) in [6.45, 7) is 1.27. The van der Waals surface area contributed by atoms with Crippen molar-refractivity contribution < 1.29 is 9.90 Å². The highest BCUT2D eigenvalue weighted by Gasteiger charge is 2.36. The van der Waals surface area contributed by atoms with Crippen molar-refractivity contribution in [3.63, 3.8) is 0 Å². The van der Waals surface area contributed by atoms with Gasteiger partial charge in [0.15, 0.2) is 0 Å². The van der Waals surface area contributed by atoms with Gasteiger partial charge in [-0.1, -0.05) is 6.42 Å². The first-order valence-corrected chi connectivity index (χ1v) is 7.26. The number of aliphatic hydroxyl groups excluding tert-OH is 1. The molecule has 2 aliphatic rings. The molecular weight excluding hydrogens is 242 g/mol. The normalized spacial score (nSPS) is 26.8. The van der Waals surface area contributed by atoms with Crippen LogP contribution in [0.25, 0.3) is 0 Å². The number of nitrogens with zero attached hydrogens (tertiary/aromatic N) is 2. The number of hydrogen-bond donors (Lipinski definition) is 2. The highest BCUT2D eigenvalue weighted by Crippen LogP contribution is 2.28. The van der Waals surface area contributed by atoms with Crippen LogP contribution in [0.1, 0.15) is 44.9 Å². The fraction of sp³-hybridized carbons (Fsp3) is 0.857. The second-order valence-electron chi connectivity index (χ2n) is 5.75. The van der Waals surface area contributed by atoms with E-state index >= 15 is 0 Å². The first-order valence-electron chi connectivity index (χ1n) is 7.26. The third kappa shape index (κ3) is 3.46. The minimum atomic E-state index is -0.637. The zero-order valence-corrected chi connectivity index (χ0v) is 11.4. The number of carbonyl (C=O) groups is 1. The van der Waals surface area contributed by atoms with Gasteiger partial charge in [-0.2, -0.15) is 5.26 Å². The summed E-state index contributed by atoms with van der Waals surface area (Å²) in [6, 6.07) is 2.37. The monoisotopic (exact) mass is 265 g/mol. The summed E-state index contributed by atoms with van der Waals surface area (Å²) in [5.41, 5.74) is -0.637. The average molecular weight is 265 g/mol. The third-order valence-electron chi connectivity index (χ3n) is 4.36. The number of piperidine rings is 1. The predicted molar refractivity (Wildman–Crippen MR) is 71.3 cm³/mol. The minimum Gasteiger partial charge on any atom is -0.395 e. The number of hydrogen-bond acceptors (Lipinski definition) is 4. The molecule has 0 aromatic carbocycles. The molecule has 0 unspecified atom stereocenters. The van der Waals surface area contributed by atoms with Gasteiger partial charge < -0.3 is 10.4 Å². The molecule has 1 atom stereocenters. The molecule has 0 aromatic heterocycles. The quantitative estimate of drug-likeness (QED) is 0.788. The molecule has 19 heavy (non-hydrogen) atoms. The molecule has 2 fully saturated rings. The van der Waals surface area contributed by atoms with E-state index in [1.807, 2.05) is 4.90 Å². The molecule has 0 radical (unpaired) electrons. The van der Waals surface area contributed by atoms with E-state index in [2.05, 4.69) is 11.4 Å². The topological polar surface area (TPSA) is 76.4 Å². The van der Waals surface area contributed by atoms with E-state index in [1.165, 1.54) is 0 Å². The molecule has 0 spiro atoms. The SMILES string of the molecule is N#CC1(NC(=O)CN2CCCC[C@@H]2CO)CCCC1. The van der Waals surface area contributed by atoms with Crippen molar-refractivity contribution >= 4 is 5.91 Å². The Bertz CT molecular complexity index is 358. The number of rotatable bonds is 4. The lowest BCUT2D eigenvalue weighted by Gasteiger charge is -2.34. The highest BCUT2D eigenvalue weighted by atomic mass is 16.3. The van der Waals surface area contributed by atoms with Crippen molar-refractivity contribution in [2.75, 3.05) is 19.7 Å². The number of amides is 1. The van der Waals surface area contributed by atoms with Gasteiger partial charge in [-0.25, -0.2) is 0 Å². The van der Waals surface area contributed by atoms with Crippen LogP contribution in [-0.4, -0.2) is 47.2 Å². The van der Waals surface area contributed by atoms with Crippen molar-refractivity contribution in [2.45, 2.75) is 56.5 Å². The fourth-order valence-electron chi connectivity index (χ4n) is 3.21. The summed E-state index contributed by atoms with van der Waals surface area (Å²) in [5.74, 6) is -0.0798. The van der Waals surface area contributed by atoms with E-state index in [0.29, 0.717) is 6.54 Å². The molecule has 106 valence electrons. The Kier molecular flexibility index (Phi) is 4.78. The predicted octanol–water partition coefficient (Wildman–Crippen LogP) is 0.786. The molecule has 1 saturated carbocycles. The second kappa shape index (κ2) is 6.36. The van der Waals surface area contributed by atoms with Crippen molar-refractivity contribution in [3.05, 3.63) is 0 Å². The van der Waals surface area contributed by atoms with Crippen LogP contribution in [0.3, 0.4) is 0 Å². The maximum absolute atomic E-state index is 12.1. The Labute approximate surface area is 114 Å². The number of nitriles is 1. The van der Waals surface area contributed by atoms with E-state index in [1.54, 1.807) is 0 Å². The van der Waals surface area contributed by atoms with E-state index in [-0.39, 0.29) is 18.6 Å². The third-order valence-corrected chi connectivity index (χ3v) is 4.36. The van der Waals surface area contributed by atoms with Crippen molar-refractivity contribution in [2.24, 2.45) is 0 Å². The van der Waals surface area contributed by atoms with Gasteiger partial charge in [0.1, 0.15) is 5.54 Å². The van der Waals surface area contributed by atoms with Crippen LogP contribution >= 0.6 is 0 Å². The van der Waals surface area contributed by atoms with E-state index in [0.717, 1.165) is 51.5 Å². The van der Waals surface area contributed by atoms with Gasteiger partial charge in [0.05, 0.1) is 19.2 Å². The average Bonchev–Trinajstić information content (AvgIpc) is 2.88. The summed E-state index contributed by atoms with van der Waals surface area (Å²) in [5, 5.41) is 21.5. The molecule has 2 N–H and O–H groups in total. The van der Waals surface area contributed by atoms with Crippen LogP contribution in [0.2, 0.25) is 0 Å². The van der Waals surface area contributed by atoms with E-state index < -0.39 is 5.54 Å². The standard InChI is InChI=1S/C14H23N3O2/c15-11-14(6-2-3-7-14)16-13(19)9-17-8-4-1-5-12(17)10-18/h12,18H,1-10H2,(H,16,19)/t12-/m1/s1. The first kappa shape index (κ1) is 14.3. The van der Waals surface area contributed by atoms with Gasteiger partial charge >= 0.3 is 0 Å². The smallest absolute Gasteiger partial charge is 0.235 e. The molecule has 0 bridgehead atoms. The van der Waals surface area contributed by atoms with Crippen LogP contribution in [0.15, 0.2) is 0 Å². The molecule has 0 aromatic rings. The lowest BCUT2D eigenvalue weighted by molar-refractivity contribution is -0.124. The number of nitrogens with one attached hydrogen (secondary N) is 1.